The van der Waals surface area contributed by atoms with Gasteiger partial charge in [0.2, 0.25) is 5.60 Å². The fraction of sp³-hybridized carbons (Fsp3) is 0.176. The summed E-state index contributed by atoms with van der Waals surface area (Å²) in [6.07, 6.45) is -5.01. The average Bonchev–Trinajstić information content (AvgIpc) is 2.94. The number of carbonyl (C=O) groups excluding carboxylic acids is 1. The molecule has 0 aromatic heterocycles. The summed E-state index contributed by atoms with van der Waals surface area (Å²) in [5, 5.41) is 14.8. The van der Waals surface area contributed by atoms with Crippen molar-refractivity contribution in [3.63, 3.8) is 0 Å². The summed E-state index contributed by atoms with van der Waals surface area (Å²) in [7, 11) is 0. The monoisotopic (exact) mass is 443 g/mol. The molecule has 1 atom stereocenters. The van der Waals surface area contributed by atoms with E-state index < -0.39 is 29.9 Å². The van der Waals surface area contributed by atoms with Gasteiger partial charge in [0.05, 0.1) is 6.54 Å². The number of halogens is 4. The average molecular weight is 444 g/mol. The van der Waals surface area contributed by atoms with Crippen LogP contribution in [0.15, 0.2) is 63.0 Å². The second-order valence-electron chi connectivity index (χ2n) is 5.70. The normalized spacial score (nSPS) is 20.2. The highest BCUT2D eigenvalue weighted by atomic mass is 79.9. The molecule has 3 rings (SSSR count). The molecule has 0 fully saturated rings. The van der Waals surface area contributed by atoms with E-state index in [1.165, 1.54) is 42.5 Å². The van der Waals surface area contributed by atoms with Crippen molar-refractivity contribution < 1.29 is 23.1 Å². The lowest BCUT2D eigenvalue weighted by Gasteiger charge is -2.27. The van der Waals surface area contributed by atoms with E-state index in [0.717, 1.165) is 0 Å². The zero-order valence-electron chi connectivity index (χ0n) is 13.0. The fourth-order valence-corrected chi connectivity index (χ4v) is 3.02. The predicted octanol–water partition coefficient (Wildman–Crippen LogP) is 3.51. The quantitative estimate of drug-likeness (QED) is 0.722. The Bertz CT molecular complexity index is 886. The topological polar surface area (TPSA) is 52.9 Å². The number of rotatable bonds is 2. The molecule has 1 heterocycles. The molecule has 0 saturated heterocycles. The number of benzene rings is 2. The molecule has 2 aromatic rings. The van der Waals surface area contributed by atoms with Gasteiger partial charge in [0, 0.05) is 15.6 Å². The van der Waals surface area contributed by atoms with Crippen LogP contribution in [0.4, 0.5) is 13.2 Å². The van der Waals surface area contributed by atoms with Crippen LogP contribution in [0.3, 0.4) is 0 Å². The molecule has 1 N–H and O–H groups in total. The number of carbonyl (C=O) groups is 1. The molecule has 4 nitrogen and oxygen atoms in total. The Kier molecular flexibility index (Phi) is 4.80. The van der Waals surface area contributed by atoms with Crippen molar-refractivity contribution in [2.75, 3.05) is 6.54 Å². The smallest absolute Gasteiger partial charge is 0.424 e. The molecule has 0 radical (unpaired) electrons. The zero-order valence-corrected chi connectivity index (χ0v) is 15.4. The Morgan fingerprint density at radius 1 is 1.23 bits per heavy atom. The largest absolute Gasteiger partial charge is 0.780 e. The summed E-state index contributed by atoms with van der Waals surface area (Å²) in [4.78, 5) is 12.9. The van der Waals surface area contributed by atoms with E-state index in [4.69, 9.17) is 12.6 Å². The number of alkyl halides is 3. The number of hydrazone groups is 1. The van der Waals surface area contributed by atoms with Gasteiger partial charge in [-0.05, 0) is 18.2 Å². The van der Waals surface area contributed by atoms with Gasteiger partial charge in [-0.2, -0.15) is 23.2 Å². The molecular formula is C17H11BrF3N2O2S-. The molecule has 0 saturated carbocycles. The molecule has 0 aliphatic carbocycles. The van der Waals surface area contributed by atoms with Gasteiger partial charge in [0.1, 0.15) is 5.71 Å². The Morgan fingerprint density at radius 2 is 1.88 bits per heavy atom. The summed E-state index contributed by atoms with van der Waals surface area (Å²) in [5.41, 5.74) is -3.72. The molecule has 1 aliphatic rings. The Balaban J connectivity index is 2.04. The zero-order chi connectivity index (χ0) is 19.1. The van der Waals surface area contributed by atoms with E-state index in [9.17, 15) is 23.1 Å². The third-order valence-electron chi connectivity index (χ3n) is 3.89. The molecule has 1 aliphatic heterocycles. The van der Waals surface area contributed by atoms with Gasteiger partial charge in [0.15, 0.2) is 0 Å². The van der Waals surface area contributed by atoms with Crippen LogP contribution in [0.5, 0.6) is 0 Å². The van der Waals surface area contributed by atoms with Crippen LogP contribution in [0.2, 0.25) is 0 Å². The summed E-state index contributed by atoms with van der Waals surface area (Å²) in [6.45, 7) is -1.03. The third kappa shape index (κ3) is 3.34. The molecule has 136 valence electrons. The first-order valence-corrected chi connectivity index (χ1v) is 8.55. The number of β-amino-alcohol motifs (C(OH)–C–C–N with tert-alkyl or cyclic N) is 1. The van der Waals surface area contributed by atoms with Crippen LogP contribution >= 0.6 is 15.9 Å². The number of aliphatic hydroxyl groups is 1. The van der Waals surface area contributed by atoms with Gasteiger partial charge < -0.3 is 17.7 Å². The molecule has 2 aromatic carbocycles. The van der Waals surface area contributed by atoms with Gasteiger partial charge >= 0.3 is 6.18 Å². The minimum Gasteiger partial charge on any atom is -0.780 e. The van der Waals surface area contributed by atoms with Crippen molar-refractivity contribution in [3.8, 4) is 0 Å². The SMILES string of the molecule is O=C(c1cccc([S-])c1)N1C[C@@](O)(C(F)(F)F)C(c2ccc(Br)cc2)=N1. The van der Waals surface area contributed by atoms with Gasteiger partial charge in [-0.15, -0.1) is 0 Å². The van der Waals surface area contributed by atoms with Crippen LogP contribution in [0.1, 0.15) is 15.9 Å². The second kappa shape index (κ2) is 6.64. The minimum atomic E-state index is -5.01. The second-order valence-corrected chi connectivity index (χ2v) is 7.09. The molecule has 1 amide bonds. The minimum absolute atomic E-state index is 0.0698. The molecule has 26 heavy (non-hydrogen) atoms. The van der Waals surface area contributed by atoms with Crippen molar-refractivity contribution in [1.82, 2.24) is 5.01 Å². The molecule has 0 spiro atoms. The third-order valence-corrected chi connectivity index (χ3v) is 4.68. The van der Waals surface area contributed by atoms with Crippen molar-refractivity contribution in [2.24, 2.45) is 5.10 Å². The van der Waals surface area contributed by atoms with E-state index in [2.05, 4.69) is 21.0 Å². The van der Waals surface area contributed by atoms with Crippen LogP contribution in [0, 0.1) is 0 Å². The Morgan fingerprint density at radius 3 is 2.46 bits per heavy atom. The van der Waals surface area contributed by atoms with E-state index in [1.54, 1.807) is 6.07 Å². The van der Waals surface area contributed by atoms with E-state index >= 15 is 0 Å². The lowest BCUT2D eigenvalue weighted by molar-refractivity contribution is -0.228. The van der Waals surface area contributed by atoms with Gasteiger partial charge in [0.25, 0.3) is 5.91 Å². The maximum atomic E-state index is 13.6. The number of hydrogen-bond acceptors (Lipinski definition) is 4. The summed E-state index contributed by atoms with van der Waals surface area (Å²) < 4.78 is 41.4. The summed E-state index contributed by atoms with van der Waals surface area (Å²) in [6, 6.07) is 11.7. The van der Waals surface area contributed by atoms with Crippen molar-refractivity contribution in [3.05, 3.63) is 64.1 Å². The van der Waals surface area contributed by atoms with E-state index in [1.807, 2.05) is 0 Å². The highest BCUT2D eigenvalue weighted by molar-refractivity contribution is 9.10. The summed E-state index contributed by atoms with van der Waals surface area (Å²) >= 11 is 8.16. The lowest BCUT2D eigenvalue weighted by Crippen LogP contribution is -2.54. The molecule has 0 unspecified atom stereocenters. The maximum absolute atomic E-state index is 13.6. The van der Waals surface area contributed by atoms with Crippen LogP contribution in [0.25, 0.3) is 0 Å². The van der Waals surface area contributed by atoms with E-state index in [-0.39, 0.29) is 11.1 Å². The maximum Gasteiger partial charge on any atom is 0.424 e. The van der Waals surface area contributed by atoms with Crippen molar-refractivity contribution >= 4 is 40.2 Å². The molecule has 9 heteroatoms. The van der Waals surface area contributed by atoms with Crippen LogP contribution in [-0.4, -0.2) is 40.1 Å². The standard InChI is InChI=1S/C17H12BrF3N2O2S/c18-12-6-4-10(5-7-12)14-16(25,17(19,20)21)9-23(22-14)15(24)11-2-1-3-13(26)8-11/h1-8,25-26H,9H2/p-1/t16-/m0/s1. The first kappa shape index (κ1) is 18.8. The summed E-state index contributed by atoms with van der Waals surface area (Å²) in [5.74, 6) is -0.772. The van der Waals surface area contributed by atoms with Crippen molar-refractivity contribution in [1.29, 1.82) is 0 Å². The van der Waals surface area contributed by atoms with Gasteiger partial charge in [-0.1, -0.05) is 46.3 Å². The predicted molar refractivity (Wildman–Crippen MR) is 94.8 cm³/mol. The first-order valence-electron chi connectivity index (χ1n) is 7.35. The van der Waals surface area contributed by atoms with Crippen LogP contribution < -0.4 is 0 Å². The van der Waals surface area contributed by atoms with Gasteiger partial charge in [-0.3, -0.25) is 4.79 Å². The van der Waals surface area contributed by atoms with E-state index in [0.29, 0.717) is 14.4 Å². The Hall–Kier alpha value is -1.97. The first-order chi connectivity index (χ1) is 12.1. The van der Waals surface area contributed by atoms with Crippen molar-refractivity contribution in [2.45, 2.75) is 16.7 Å². The fourth-order valence-electron chi connectivity index (χ4n) is 2.55. The highest BCUT2D eigenvalue weighted by Crippen LogP contribution is 2.38. The molecule has 0 bridgehead atoms. The number of hydrogen-bond donors (Lipinski definition) is 1. The Labute approximate surface area is 160 Å². The highest BCUT2D eigenvalue weighted by Gasteiger charge is 2.62. The lowest BCUT2D eigenvalue weighted by atomic mass is 9.92. The molecular weight excluding hydrogens is 433 g/mol. The number of nitrogens with zero attached hydrogens (tertiary/aromatic N) is 2. The van der Waals surface area contributed by atoms with Crippen LogP contribution in [-0.2, 0) is 12.6 Å². The van der Waals surface area contributed by atoms with Gasteiger partial charge in [-0.25, -0.2) is 5.01 Å². The number of amides is 1.